The number of esters is 1. The summed E-state index contributed by atoms with van der Waals surface area (Å²) in [6.07, 6.45) is 6.35. The molecule has 0 bridgehead atoms. The Labute approximate surface area is 253 Å². The fraction of sp³-hybridized carbons (Fsp3) is 0.361. The maximum atomic E-state index is 13.7. The van der Waals surface area contributed by atoms with E-state index in [1.54, 1.807) is 4.90 Å². The van der Waals surface area contributed by atoms with Gasteiger partial charge in [0.15, 0.2) is 0 Å². The van der Waals surface area contributed by atoms with E-state index in [4.69, 9.17) is 4.74 Å². The van der Waals surface area contributed by atoms with Crippen molar-refractivity contribution in [3.63, 3.8) is 0 Å². The van der Waals surface area contributed by atoms with Crippen molar-refractivity contribution < 1.29 is 24.2 Å². The highest BCUT2D eigenvalue weighted by atomic mass is 16.5. The van der Waals surface area contributed by atoms with Crippen molar-refractivity contribution in [2.45, 2.75) is 57.2 Å². The number of amides is 2. The van der Waals surface area contributed by atoms with E-state index in [-0.39, 0.29) is 49.4 Å². The molecule has 3 aromatic carbocycles. The van der Waals surface area contributed by atoms with E-state index in [2.05, 4.69) is 5.32 Å². The molecule has 0 fully saturated rings. The molecule has 0 saturated heterocycles. The minimum absolute atomic E-state index is 0.0279. The van der Waals surface area contributed by atoms with Gasteiger partial charge in [-0.25, -0.2) is 0 Å². The quantitative estimate of drug-likeness (QED) is 0.319. The van der Waals surface area contributed by atoms with Crippen molar-refractivity contribution in [2.75, 3.05) is 13.2 Å². The van der Waals surface area contributed by atoms with Gasteiger partial charge in [0.05, 0.1) is 30.5 Å². The van der Waals surface area contributed by atoms with E-state index in [0.29, 0.717) is 38.6 Å². The first-order valence-corrected chi connectivity index (χ1v) is 15.2. The molecule has 7 nitrogen and oxygen atoms in total. The van der Waals surface area contributed by atoms with Crippen LogP contribution in [0.3, 0.4) is 0 Å². The fourth-order valence-electron chi connectivity index (χ4n) is 6.01. The molecular formula is C36H40N2O5. The topological polar surface area (TPSA) is 95.9 Å². The van der Waals surface area contributed by atoms with Gasteiger partial charge in [0.2, 0.25) is 11.8 Å². The van der Waals surface area contributed by atoms with Crippen molar-refractivity contribution in [1.82, 2.24) is 10.2 Å². The van der Waals surface area contributed by atoms with Crippen LogP contribution in [0.5, 0.6) is 0 Å². The zero-order chi connectivity index (χ0) is 30.0. The molecule has 2 N–H and O–H groups in total. The van der Waals surface area contributed by atoms with Crippen LogP contribution in [0.4, 0.5) is 0 Å². The molecule has 2 heterocycles. The third-order valence-corrected chi connectivity index (χ3v) is 8.44. The summed E-state index contributed by atoms with van der Waals surface area (Å²) in [4.78, 5) is 42.3. The van der Waals surface area contributed by atoms with E-state index in [0.717, 1.165) is 22.3 Å². The lowest BCUT2D eigenvalue weighted by molar-refractivity contribution is -0.150. The van der Waals surface area contributed by atoms with Crippen molar-refractivity contribution in [2.24, 2.45) is 11.8 Å². The van der Waals surface area contributed by atoms with Gasteiger partial charge in [-0.15, -0.1) is 0 Å². The first kappa shape index (κ1) is 30.2. The molecular weight excluding hydrogens is 540 g/mol. The number of rotatable bonds is 7. The van der Waals surface area contributed by atoms with Gasteiger partial charge in [-0.2, -0.15) is 0 Å². The Kier molecular flexibility index (Phi) is 10.4. The molecule has 0 unspecified atom stereocenters. The van der Waals surface area contributed by atoms with Crippen LogP contribution in [-0.4, -0.2) is 53.1 Å². The smallest absolute Gasteiger partial charge is 0.309 e. The van der Waals surface area contributed by atoms with Gasteiger partial charge in [0.1, 0.15) is 6.61 Å². The number of nitrogens with one attached hydrogen (secondary N) is 1. The predicted octanol–water partition coefficient (Wildman–Crippen LogP) is 4.42. The van der Waals surface area contributed by atoms with E-state index in [9.17, 15) is 19.5 Å². The molecule has 0 radical (unpaired) electrons. The third kappa shape index (κ3) is 8.20. The molecule has 2 aliphatic rings. The predicted molar refractivity (Wildman–Crippen MR) is 165 cm³/mol. The highest BCUT2D eigenvalue weighted by Gasteiger charge is 2.33. The molecule has 4 atom stereocenters. The molecule has 224 valence electrons. The Morgan fingerprint density at radius 2 is 1.42 bits per heavy atom. The van der Waals surface area contributed by atoms with Gasteiger partial charge < -0.3 is 20.1 Å². The number of hydrogen-bond donors (Lipinski definition) is 2. The molecule has 0 aliphatic carbocycles. The number of carbonyl (C=O) groups is 3. The van der Waals surface area contributed by atoms with Gasteiger partial charge >= 0.3 is 5.97 Å². The number of benzene rings is 3. The van der Waals surface area contributed by atoms with Crippen LogP contribution in [0, 0.1) is 11.8 Å². The van der Waals surface area contributed by atoms with Crippen LogP contribution in [0.2, 0.25) is 0 Å². The molecule has 2 aliphatic heterocycles. The van der Waals surface area contributed by atoms with Crippen molar-refractivity contribution in [3.05, 3.63) is 119 Å². The number of hydrogen-bond acceptors (Lipinski definition) is 5. The number of ether oxygens (including phenoxy) is 1. The highest BCUT2D eigenvalue weighted by Crippen LogP contribution is 2.26. The van der Waals surface area contributed by atoms with Crippen LogP contribution >= 0.6 is 0 Å². The lowest BCUT2D eigenvalue weighted by atomic mass is 9.91. The number of aliphatic hydroxyl groups is 1. The van der Waals surface area contributed by atoms with Crippen molar-refractivity contribution in [1.29, 1.82) is 0 Å². The third-order valence-electron chi connectivity index (χ3n) is 8.44. The van der Waals surface area contributed by atoms with Crippen molar-refractivity contribution in [3.8, 4) is 0 Å². The number of aliphatic hydroxyl groups excluding tert-OH is 1. The molecule has 0 aromatic heterocycles. The Hall–Kier alpha value is -4.23. The summed E-state index contributed by atoms with van der Waals surface area (Å²) in [5.41, 5.74) is 4.28. The number of cyclic esters (lactones) is 1. The SMILES string of the molecule is O=C1N[C@@H](Cc2ccccc2)COC(=O)[C@H](Cc2ccccc2)CC=CC[C@@H]1CC(=O)N1Cc2ccccc2C[C@H]1CO. The largest absolute Gasteiger partial charge is 0.463 e. The fourth-order valence-corrected chi connectivity index (χ4v) is 6.01. The first-order chi connectivity index (χ1) is 21.0. The van der Waals surface area contributed by atoms with E-state index >= 15 is 0 Å². The average molecular weight is 581 g/mol. The lowest BCUT2D eigenvalue weighted by Crippen LogP contribution is -2.48. The minimum atomic E-state index is -0.596. The Morgan fingerprint density at radius 3 is 2.09 bits per heavy atom. The maximum Gasteiger partial charge on any atom is 0.309 e. The highest BCUT2D eigenvalue weighted by molar-refractivity contribution is 5.86. The molecule has 2 amide bonds. The second-order valence-corrected chi connectivity index (χ2v) is 11.6. The van der Waals surface area contributed by atoms with Crippen LogP contribution in [-0.2, 0) is 44.9 Å². The van der Waals surface area contributed by atoms with Gasteiger partial charge in [0.25, 0.3) is 0 Å². The molecule has 0 saturated carbocycles. The Bertz CT molecular complexity index is 1410. The number of carbonyl (C=O) groups excluding carboxylic acids is 3. The van der Waals surface area contributed by atoms with Gasteiger partial charge in [-0.3, -0.25) is 14.4 Å². The van der Waals surface area contributed by atoms with Gasteiger partial charge in [-0.1, -0.05) is 97.1 Å². The van der Waals surface area contributed by atoms with Crippen LogP contribution < -0.4 is 5.32 Å². The number of nitrogens with zero attached hydrogens (tertiary/aromatic N) is 1. The van der Waals surface area contributed by atoms with Crippen LogP contribution in [0.15, 0.2) is 97.1 Å². The second-order valence-electron chi connectivity index (χ2n) is 11.6. The van der Waals surface area contributed by atoms with E-state index < -0.39 is 12.0 Å². The Morgan fingerprint density at radius 1 is 0.814 bits per heavy atom. The second kappa shape index (κ2) is 14.8. The van der Waals surface area contributed by atoms with Crippen LogP contribution in [0.1, 0.15) is 41.5 Å². The van der Waals surface area contributed by atoms with Crippen LogP contribution in [0.25, 0.3) is 0 Å². The molecule has 7 heteroatoms. The maximum absolute atomic E-state index is 13.7. The average Bonchev–Trinajstić information content (AvgIpc) is 3.03. The van der Waals surface area contributed by atoms with Gasteiger partial charge in [0, 0.05) is 13.0 Å². The number of allylic oxidation sites excluding steroid dienone is 2. The summed E-state index contributed by atoms with van der Waals surface area (Å²) in [5.74, 6) is -1.63. The minimum Gasteiger partial charge on any atom is -0.463 e. The van der Waals surface area contributed by atoms with E-state index in [1.807, 2.05) is 97.1 Å². The number of fused-ring (bicyclic) bond motifs is 1. The zero-order valence-corrected chi connectivity index (χ0v) is 24.4. The summed E-state index contributed by atoms with van der Waals surface area (Å²) in [7, 11) is 0. The van der Waals surface area contributed by atoms with E-state index in [1.165, 1.54) is 0 Å². The molecule has 5 rings (SSSR count). The summed E-state index contributed by atoms with van der Waals surface area (Å²) >= 11 is 0. The lowest BCUT2D eigenvalue weighted by Gasteiger charge is -2.36. The molecule has 43 heavy (non-hydrogen) atoms. The summed E-state index contributed by atoms with van der Waals surface area (Å²) < 4.78 is 5.82. The monoisotopic (exact) mass is 580 g/mol. The van der Waals surface area contributed by atoms with Crippen molar-refractivity contribution >= 4 is 17.8 Å². The molecule has 3 aromatic rings. The normalized spacial score (nSPS) is 22.9. The zero-order valence-electron chi connectivity index (χ0n) is 24.4. The Balaban J connectivity index is 1.35. The standard InChI is InChI=1S/C36H40N2O5/c39-24-33-21-28-15-7-10-18-31(28)23-38(33)34(40)22-29-16-8-9-17-30(19-26-11-3-1-4-12-26)36(42)43-25-32(37-35(29)41)20-27-13-5-2-6-14-27/h1-15,18,29-30,32-33,39H,16-17,19-25H2,(H,37,41)/t29-,30+,32+,33+/m1/s1. The summed E-state index contributed by atoms with van der Waals surface area (Å²) in [6.45, 7) is 0.326. The summed E-state index contributed by atoms with van der Waals surface area (Å²) in [5, 5.41) is 13.2. The first-order valence-electron chi connectivity index (χ1n) is 15.2. The molecule has 0 spiro atoms. The summed E-state index contributed by atoms with van der Waals surface area (Å²) in [6, 6.07) is 26.9. The van der Waals surface area contributed by atoms with Gasteiger partial charge in [-0.05, 0) is 54.4 Å².